The Bertz CT molecular complexity index is 541. The van der Waals surface area contributed by atoms with Crippen molar-refractivity contribution in [3.8, 4) is 0 Å². The van der Waals surface area contributed by atoms with E-state index >= 15 is 0 Å². The van der Waals surface area contributed by atoms with Crippen molar-refractivity contribution in [1.82, 2.24) is 15.3 Å². The summed E-state index contributed by atoms with van der Waals surface area (Å²) in [5.74, 6) is 0. The van der Waals surface area contributed by atoms with E-state index in [1.165, 1.54) is 5.56 Å². The molecule has 0 bridgehead atoms. The highest BCUT2D eigenvalue weighted by molar-refractivity contribution is 5.19. The second-order valence-electron chi connectivity index (χ2n) is 5.39. The molecule has 2 unspecified atom stereocenters. The van der Waals surface area contributed by atoms with E-state index in [1.807, 2.05) is 36.7 Å². The average Bonchev–Trinajstić information content (AvgIpc) is 2.50. The Morgan fingerprint density at radius 2 is 1.95 bits per heavy atom. The number of nitrogens with zero attached hydrogens (tertiary/aromatic N) is 2. The van der Waals surface area contributed by atoms with Gasteiger partial charge in [0.15, 0.2) is 0 Å². The summed E-state index contributed by atoms with van der Waals surface area (Å²) >= 11 is 0. The van der Waals surface area contributed by atoms with Gasteiger partial charge in [0, 0.05) is 36.6 Å². The summed E-state index contributed by atoms with van der Waals surface area (Å²) < 4.78 is 0. The molecule has 0 saturated carbocycles. The van der Waals surface area contributed by atoms with E-state index in [9.17, 15) is 0 Å². The topological polar surface area (TPSA) is 63.8 Å². The molecule has 0 saturated heterocycles. The molecule has 0 amide bonds. The van der Waals surface area contributed by atoms with E-state index in [-0.39, 0.29) is 6.04 Å². The Hall–Kier alpha value is -1.78. The summed E-state index contributed by atoms with van der Waals surface area (Å²) in [6.07, 6.45) is 5.49. The highest BCUT2D eigenvalue weighted by Gasteiger charge is 2.15. The zero-order chi connectivity index (χ0) is 15.1. The fourth-order valence-electron chi connectivity index (χ4n) is 2.48. The van der Waals surface area contributed by atoms with E-state index in [2.05, 4.69) is 35.2 Å². The van der Waals surface area contributed by atoms with Crippen LogP contribution in [0.5, 0.6) is 0 Å². The molecule has 4 nitrogen and oxygen atoms in total. The summed E-state index contributed by atoms with van der Waals surface area (Å²) in [5, 5.41) is 3.63. The number of pyridine rings is 2. The third-order valence-electron chi connectivity index (χ3n) is 3.69. The maximum atomic E-state index is 5.76. The second-order valence-corrected chi connectivity index (χ2v) is 5.39. The normalized spacial score (nSPS) is 13.9. The molecule has 2 heterocycles. The van der Waals surface area contributed by atoms with Gasteiger partial charge in [-0.3, -0.25) is 9.97 Å². The van der Waals surface area contributed by atoms with Gasteiger partial charge < -0.3 is 11.1 Å². The van der Waals surface area contributed by atoms with Crippen LogP contribution in [0.3, 0.4) is 0 Å². The predicted molar refractivity (Wildman–Crippen MR) is 85.9 cm³/mol. The van der Waals surface area contributed by atoms with Crippen molar-refractivity contribution >= 4 is 0 Å². The van der Waals surface area contributed by atoms with Crippen LogP contribution in [-0.4, -0.2) is 22.6 Å². The van der Waals surface area contributed by atoms with Gasteiger partial charge in [0.05, 0.1) is 5.69 Å². The highest BCUT2D eigenvalue weighted by atomic mass is 15.0. The van der Waals surface area contributed by atoms with Crippen LogP contribution in [0.15, 0.2) is 42.7 Å². The van der Waals surface area contributed by atoms with Gasteiger partial charge in [0.25, 0.3) is 0 Å². The van der Waals surface area contributed by atoms with Crippen molar-refractivity contribution < 1.29 is 0 Å². The fraction of sp³-hybridized carbons (Fsp3) is 0.412. The van der Waals surface area contributed by atoms with Crippen LogP contribution >= 0.6 is 0 Å². The third kappa shape index (κ3) is 4.62. The smallest absolute Gasteiger partial charge is 0.0570 e. The number of nitrogens with two attached hydrogens (primary N) is 1. The number of hydrogen-bond donors (Lipinski definition) is 2. The maximum Gasteiger partial charge on any atom is 0.0570 e. The minimum atomic E-state index is 0.201. The summed E-state index contributed by atoms with van der Waals surface area (Å²) in [7, 11) is 0. The molecule has 2 aromatic rings. The first-order valence-corrected chi connectivity index (χ1v) is 7.48. The number of rotatable bonds is 7. The number of hydrogen-bond acceptors (Lipinski definition) is 4. The summed E-state index contributed by atoms with van der Waals surface area (Å²) in [6, 6.07) is 10.6. The predicted octanol–water partition coefficient (Wildman–Crippen LogP) is 2.40. The second kappa shape index (κ2) is 7.86. The fourth-order valence-corrected chi connectivity index (χ4v) is 2.48. The molecule has 2 atom stereocenters. The molecule has 2 aromatic heterocycles. The molecule has 4 heteroatoms. The number of aromatic nitrogens is 2. The van der Waals surface area contributed by atoms with Crippen LogP contribution in [-0.2, 0) is 6.42 Å². The molecule has 112 valence electrons. The molecule has 3 N–H and O–H groups in total. The van der Waals surface area contributed by atoms with Gasteiger partial charge in [-0.05, 0) is 50.6 Å². The summed E-state index contributed by atoms with van der Waals surface area (Å²) in [6.45, 7) is 4.90. The molecule has 0 aliphatic heterocycles. The van der Waals surface area contributed by atoms with Crippen molar-refractivity contribution in [2.75, 3.05) is 6.54 Å². The molecule has 21 heavy (non-hydrogen) atoms. The van der Waals surface area contributed by atoms with Gasteiger partial charge in [-0.2, -0.15) is 0 Å². The molecular formula is C17H24N4. The Morgan fingerprint density at radius 3 is 2.62 bits per heavy atom. The Kier molecular flexibility index (Phi) is 5.84. The molecule has 0 radical (unpaired) electrons. The third-order valence-corrected chi connectivity index (χ3v) is 3.69. The van der Waals surface area contributed by atoms with Crippen molar-refractivity contribution in [3.63, 3.8) is 0 Å². The lowest BCUT2D eigenvalue weighted by atomic mass is 10.0. The lowest BCUT2D eigenvalue weighted by Crippen LogP contribution is -2.36. The Labute approximate surface area is 126 Å². The van der Waals surface area contributed by atoms with Gasteiger partial charge in [0.2, 0.25) is 0 Å². The summed E-state index contributed by atoms with van der Waals surface area (Å²) in [4.78, 5) is 8.89. The van der Waals surface area contributed by atoms with Crippen LogP contribution < -0.4 is 11.1 Å². The van der Waals surface area contributed by atoms with Gasteiger partial charge in [-0.15, -0.1) is 0 Å². The number of nitrogens with one attached hydrogen (secondary N) is 1. The van der Waals surface area contributed by atoms with Crippen LogP contribution in [0.2, 0.25) is 0 Å². The van der Waals surface area contributed by atoms with Crippen LogP contribution in [0.25, 0.3) is 0 Å². The zero-order valence-electron chi connectivity index (χ0n) is 12.8. The average molecular weight is 284 g/mol. The Balaban J connectivity index is 2.04. The van der Waals surface area contributed by atoms with Crippen LogP contribution in [0.1, 0.15) is 36.3 Å². The van der Waals surface area contributed by atoms with Gasteiger partial charge in [-0.25, -0.2) is 0 Å². The minimum absolute atomic E-state index is 0.201. The van der Waals surface area contributed by atoms with Gasteiger partial charge in [0.1, 0.15) is 0 Å². The molecule has 0 aromatic carbocycles. The molecule has 0 aliphatic carbocycles. The summed E-state index contributed by atoms with van der Waals surface area (Å²) in [5.41, 5.74) is 9.18. The van der Waals surface area contributed by atoms with Crippen molar-refractivity contribution in [3.05, 3.63) is 59.7 Å². The quantitative estimate of drug-likeness (QED) is 0.819. The van der Waals surface area contributed by atoms with E-state index in [0.29, 0.717) is 12.6 Å². The van der Waals surface area contributed by atoms with Crippen LogP contribution in [0.4, 0.5) is 0 Å². The first-order chi connectivity index (χ1) is 10.2. The molecule has 0 fully saturated rings. The Morgan fingerprint density at radius 1 is 1.14 bits per heavy atom. The maximum absolute atomic E-state index is 5.76. The van der Waals surface area contributed by atoms with Crippen molar-refractivity contribution in [1.29, 1.82) is 0 Å². The van der Waals surface area contributed by atoms with E-state index in [4.69, 9.17) is 5.73 Å². The lowest BCUT2D eigenvalue weighted by Gasteiger charge is -2.23. The van der Waals surface area contributed by atoms with Gasteiger partial charge in [-0.1, -0.05) is 12.1 Å². The van der Waals surface area contributed by atoms with Gasteiger partial charge >= 0.3 is 0 Å². The lowest BCUT2D eigenvalue weighted by molar-refractivity contribution is 0.423. The van der Waals surface area contributed by atoms with Crippen molar-refractivity contribution in [2.45, 2.75) is 38.8 Å². The SMILES string of the molecule is Cc1cccnc1CC(CCN)NC(C)c1ccccn1. The first-order valence-electron chi connectivity index (χ1n) is 7.48. The minimum Gasteiger partial charge on any atom is -0.330 e. The standard InChI is InChI=1S/C17H24N4/c1-13-6-5-11-20-17(13)12-15(8-9-18)21-14(2)16-7-3-4-10-19-16/h3-7,10-11,14-15,21H,8-9,12,18H2,1-2H3. The first kappa shape index (κ1) is 15.6. The molecule has 0 spiro atoms. The molecular weight excluding hydrogens is 260 g/mol. The zero-order valence-corrected chi connectivity index (χ0v) is 12.8. The highest BCUT2D eigenvalue weighted by Crippen LogP contribution is 2.13. The van der Waals surface area contributed by atoms with E-state index < -0.39 is 0 Å². The molecule has 2 rings (SSSR count). The van der Waals surface area contributed by atoms with Crippen molar-refractivity contribution in [2.24, 2.45) is 5.73 Å². The number of aryl methyl sites for hydroxylation is 1. The monoisotopic (exact) mass is 284 g/mol. The van der Waals surface area contributed by atoms with Crippen LogP contribution in [0, 0.1) is 6.92 Å². The molecule has 0 aliphatic rings. The largest absolute Gasteiger partial charge is 0.330 e. The van der Waals surface area contributed by atoms with E-state index in [1.54, 1.807) is 0 Å². The van der Waals surface area contributed by atoms with E-state index in [0.717, 1.165) is 24.2 Å².